The highest BCUT2D eigenvalue weighted by molar-refractivity contribution is 6.30. The zero-order valence-corrected chi connectivity index (χ0v) is 15.7. The number of hydrogen-bond donors (Lipinski definition) is 0. The average molecular weight is 383 g/mol. The molecule has 1 saturated heterocycles. The Kier molecular flexibility index (Phi) is 4.81. The molecule has 2 heterocycles. The fourth-order valence-electron chi connectivity index (χ4n) is 3.15. The van der Waals surface area contributed by atoms with E-state index in [-0.39, 0.29) is 11.8 Å². The van der Waals surface area contributed by atoms with Crippen molar-refractivity contribution in [2.45, 2.75) is 6.92 Å². The van der Waals surface area contributed by atoms with Crippen LogP contribution in [0.2, 0.25) is 5.02 Å². The van der Waals surface area contributed by atoms with Crippen molar-refractivity contribution in [3.05, 3.63) is 65.0 Å². The molecular weight excluding hydrogens is 364 g/mol. The minimum atomic E-state index is -0.230. The molecule has 1 aliphatic rings. The van der Waals surface area contributed by atoms with Crippen LogP contribution in [0.1, 0.15) is 16.2 Å². The van der Waals surface area contributed by atoms with E-state index in [2.05, 4.69) is 46.3 Å². The van der Waals surface area contributed by atoms with E-state index in [1.54, 1.807) is 29.2 Å². The van der Waals surface area contributed by atoms with Crippen LogP contribution in [0.3, 0.4) is 0 Å². The monoisotopic (exact) mass is 382 g/mol. The second-order valence-corrected chi connectivity index (χ2v) is 6.97. The summed E-state index contributed by atoms with van der Waals surface area (Å²) in [6.07, 6.45) is 0. The van der Waals surface area contributed by atoms with Crippen molar-refractivity contribution in [1.82, 2.24) is 15.1 Å². The molecule has 0 radical (unpaired) electrons. The van der Waals surface area contributed by atoms with Gasteiger partial charge < -0.3 is 14.2 Å². The Morgan fingerprint density at radius 3 is 2.48 bits per heavy atom. The summed E-state index contributed by atoms with van der Waals surface area (Å²) in [7, 11) is 0. The van der Waals surface area contributed by atoms with Gasteiger partial charge in [-0.1, -0.05) is 23.7 Å². The zero-order chi connectivity index (χ0) is 18.8. The van der Waals surface area contributed by atoms with Crippen LogP contribution in [0.25, 0.3) is 11.5 Å². The van der Waals surface area contributed by atoms with E-state index in [1.165, 1.54) is 11.3 Å². The summed E-state index contributed by atoms with van der Waals surface area (Å²) in [5.41, 5.74) is 3.15. The molecule has 0 bridgehead atoms. The fourth-order valence-corrected chi connectivity index (χ4v) is 3.27. The molecule has 4 rings (SSSR count). The molecule has 0 atom stereocenters. The van der Waals surface area contributed by atoms with E-state index in [0.717, 1.165) is 18.7 Å². The van der Waals surface area contributed by atoms with Crippen molar-refractivity contribution >= 4 is 23.2 Å². The lowest BCUT2D eigenvalue weighted by molar-refractivity contribution is 0.0707. The highest BCUT2D eigenvalue weighted by Crippen LogP contribution is 2.22. The Morgan fingerprint density at radius 1 is 1.04 bits per heavy atom. The topological polar surface area (TPSA) is 62.5 Å². The molecule has 0 saturated carbocycles. The molecule has 7 heteroatoms. The summed E-state index contributed by atoms with van der Waals surface area (Å²) >= 11 is 5.89. The summed E-state index contributed by atoms with van der Waals surface area (Å²) in [4.78, 5) is 16.7. The number of aryl methyl sites for hydroxylation is 1. The highest BCUT2D eigenvalue weighted by atomic mass is 35.5. The molecule has 1 aromatic heterocycles. The minimum absolute atomic E-state index is 0.0176. The van der Waals surface area contributed by atoms with Crippen molar-refractivity contribution in [2.75, 3.05) is 31.1 Å². The number of benzene rings is 2. The van der Waals surface area contributed by atoms with Crippen LogP contribution in [0.5, 0.6) is 0 Å². The van der Waals surface area contributed by atoms with Crippen LogP contribution in [0.4, 0.5) is 5.69 Å². The summed E-state index contributed by atoms with van der Waals surface area (Å²) in [6.45, 7) is 4.86. The summed E-state index contributed by atoms with van der Waals surface area (Å²) in [6, 6.07) is 15.4. The summed E-state index contributed by atoms with van der Waals surface area (Å²) in [5.74, 6) is 0.101. The van der Waals surface area contributed by atoms with Crippen LogP contribution in [-0.2, 0) is 0 Å². The standard InChI is InChI=1S/C20H19ClN4O2/c1-14-3-2-4-17(13-14)24-9-11-25(12-10-24)20(26)19-23-22-18(27-19)15-5-7-16(21)8-6-15/h2-8,13H,9-12H2,1H3. The maximum Gasteiger partial charge on any atom is 0.311 e. The molecule has 0 spiro atoms. The predicted octanol–water partition coefficient (Wildman–Crippen LogP) is 3.66. The van der Waals surface area contributed by atoms with Crippen LogP contribution in [0.15, 0.2) is 52.9 Å². The molecular formula is C20H19ClN4O2. The number of hydrogen-bond acceptors (Lipinski definition) is 5. The number of nitrogens with zero attached hydrogens (tertiary/aromatic N) is 4. The normalized spacial score (nSPS) is 14.4. The van der Waals surface area contributed by atoms with Gasteiger partial charge in [-0.3, -0.25) is 4.79 Å². The zero-order valence-electron chi connectivity index (χ0n) is 14.9. The number of rotatable bonds is 3. The molecule has 1 aliphatic heterocycles. The first-order valence-electron chi connectivity index (χ1n) is 8.80. The van der Waals surface area contributed by atoms with Crippen molar-refractivity contribution in [2.24, 2.45) is 0 Å². The van der Waals surface area contributed by atoms with Crippen molar-refractivity contribution in [3.8, 4) is 11.5 Å². The molecule has 27 heavy (non-hydrogen) atoms. The Morgan fingerprint density at radius 2 is 1.78 bits per heavy atom. The summed E-state index contributed by atoms with van der Waals surface area (Å²) < 4.78 is 5.58. The Labute approximate surface area is 162 Å². The van der Waals surface area contributed by atoms with Crippen LogP contribution in [0, 0.1) is 6.92 Å². The molecule has 2 aromatic carbocycles. The van der Waals surface area contributed by atoms with Crippen molar-refractivity contribution in [3.63, 3.8) is 0 Å². The Hall–Kier alpha value is -2.86. The number of aromatic nitrogens is 2. The quantitative estimate of drug-likeness (QED) is 0.691. The lowest BCUT2D eigenvalue weighted by Crippen LogP contribution is -2.48. The minimum Gasteiger partial charge on any atom is -0.412 e. The first-order chi connectivity index (χ1) is 13.1. The SMILES string of the molecule is Cc1cccc(N2CCN(C(=O)c3nnc(-c4ccc(Cl)cc4)o3)CC2)c1. The largest absolute Gasteiger partial charge is 0.412 e. The number of carbonyl (C=O) groups is 1. The Bertz CT molecular complexity index is 947. The highest BCUT2D eigenvalue weighted by Gasteiger charge is 2.26. The molecule has 0 unspecified atom stereocenters. The maximum absolute atomic E-state index is 12.7. The second-order valence-electron chi connectivity index (χ2n) is 6.54. The average Bonchev–Trinajstić information content (AvgIpc) is 3.18. The van der Waals surface area contributed by atoms with Gasteiger partial charge in [-0.05, 0) is 48.9 Å². The number of amides is 1. The van der Waals surface area contributed by atoms with E-state index >= 15 is 0 Å². The third kappa shape index (κ3) is 3.80. The smallest absolute Gasteiger partial charge is 0.311 e. The molecule has 6 nitrogen and oxygen atoms in total. The summed E-state index contributed by atoms with van der Waals surface area (Å²) in [5, 5.41) is 8.54. The van der Waals surface area contributed by atoms with Gasteiger partial charge in [0, 0.05) is 42.5 Å². The van der Waals surface area contributed by atoms with E-state index in [1.807, 2.05) is 0 Å². The van der Waals surface area contributed by atoms with Gasteiger partial charge in [0.2, 0.25) is 5.89 Å². The lowest BCUT2D eigenvalue weighted by atomic mass is 10.2. The van der Waals surface area contributed by atoms with Crippen molar-refractivity contribution < 1.29 is 9.21 Å². The van der Waals surface area contributed by atoms with E-state index in [0.29, 0.717) is 24.0 Å². The Balaban J connectivity index is 1.42. The lowest BCUT2D eigenvalue weighted by Gasteiger charge is -2.35. The third-order valence-electron chi connectivity index (χ3n) is 4.63. The molecule has 1 amide bonds. The first-order valence-corrected chi connectivity index (χ1v) is 9.18. The van der Waals surface area contributed by atoms with Gasteiger partial charge in [0.1, 0.15) is 0 Å². The fraction of sp³-hybridized carbons (Fsp3) is 0.250. The van der Waals surface area contributed by atoms with E-state index in [4.69, 9.17) is 16.0 Å². The molecule has 3 aromatic rings. The van der Waals surface area contributed by atoms with Gasteiger partial charge in [-0.2, -0.15) is 0 Å². The third-order valence-corrected chi connectivity index (χ3v) is 4.88. The molecule has 0 N–H and O–H groups in total. The van der Waals surface area contributed by atoms with Gasteiger partial charge in [0.15, 0.2) is 0 Å². The number of halogens is 1. The van der Waals surface area contributed by atoms with Gasteiger partial charge in [0.25, 0.3) is 0 Å². The van der Waals surface area contributed by atoms with Crippen LogP contribution >= 0.6 is 11.6 Å². The maximum atomic E-state index is 12.7. The van der Waals surface area contributed by atoms with E-state index < -0.39 is 0 Å². The first kappa shape index (κ1) is 17.5. The predicted molar refractivity (Wildman–Crippen MR) is 104 cm³/mol. The van der Waals surface area contributed by atoms with Crippen LogP contribution < -0.4 is 4.90 Å². The molecule has 138 valence electrons. The second kappa shape index (κ2) is 7.40. The molecule has 1 fully saturated rings. The van der Waals surface area contributed by atoms with Gasteiger partial charge in [0.05, 0.1) is 0 Å². The van der Waals surface area contributed by atoms with Gasteiger partial charge in [-0.15, -0.1) is 10.2 Å². The number of anilines is 1. The molecule has 0 aliphatic carbocycles. The van der Waals surface area contributed by atoms with E-state index in [9.17, 15) is 4.79 Å². The van der Waals surface area contributed by atoms with Gasteiger partial charge in [-0.25, -0.2) is 0 Å². The number of carbonyl (C=O) groups excluding carboxylic acids is 1. The number of piperazine rings is 1. The van der Waals surface area contributed by atoms with Crippen LogP contribution in [-0.4, -0.2) is 47.2 Å². The van der Waals surface area contributed by atoms with Crippen molar-refractivity contribution in [1.29, 1.82) is 0 Å². The van der Waals surface area contributed by atoms with Gasteiger partial charge >= 0.3 is 11.8 Å².